The lowest BCUT2D eigenvalue weighted by molar-refractivity contribution is -0.946. The van der Waals surface area contributed by atoms with Crippen molar-refractivity contribution in [3.8, 4) is 0 Å². The van der Waals surface area contributed by atoms with Crippen molar-refractivity contribution in [2.45, 2.75) is 38.1 Å². The first-order valence-electron chi connectivity index (χ1n) is 5.66. The first-order chi connectivity index (χ1) is 6.26. The molecule has 0 aromatic carbocycles. The molecule has 3 atom stereocenters. The molecule has 3 unspecified atom stereocenters. The minimum absolute atomic E-state index is 0.957. The molecule has 1 nitrogen and oxygen atoms in total. The van der Waals surface area contributed by atoms with Gasteiger partial charge in [-0.05, 0) is 32.1 Å². The molecule has 76 valence electrons. The molecule has 2 fully saturated rings. The summed E-state index contributed by atoms with van der Waals surface area (Å²) in [6, 6.07) is 0.974. The molecular weight excluding hydrogens is 226 g/mol. The van der Waals surface area contributed by atoms with E-state index in [1.165, 1.54) is 55.0 Å². The van der Waals surface area contributed by atoms with Crippen LogP contribution >= 0.6 is 15.9 Å². The van der Waals surface area contributed by atoms with Crippen molar-refractivity contribution in [3.05, 3.63) is 0 Å². The highest BCUT2D eigenvalue weighted by Crippen LogP contribution is 2.36. The van der Waals surface area contributed by atoms with E-state index in [0.29, 0.717) is 0 Å². The fourth-order valence-electron chi connectivity index (χ4n) is 3.41. The number of quaternary nitrogens is 1. The van der Waals surface area contributed by atoms with Gasteiger partial charge in [0.25, 0.3) is 0 Å². The van der Waals surface area contributed by atoms with Crippen molar-refractivity contribution in [1.29, 1.82) is 0 Å². The van der Waals surface area contributed by atoms with Crippen LogP contribution in [0.2, 0.25) is 0 Å². The van der Waals surface area contributed by atoms with Crippen LogP contribution in [-0.4, -0.2) is 36.0 Å². The second-order valence-corrected chi connectivity index (χ2v) is 5.69. The van der Waals surface area contributed by atoms with Crippen molar-refractivity contribution in [2.75, 3.05) is 25.5 Å². The molecule has 2 saturated heterocycles. The topological polar surface area (TPSA) is 0 Å². The quantitative estimate of drug-likeness (QED) is 0.493. The molecule has 0 spiro atoms. The number of fused-ring (bicyclic) bond motifs is 1. The molecule has 0 bridgehead atoms. The zero-order valence-corrected chi connectivity index (χ0v) is 10.2. The third-order valence-corrected chi connectivity index (χ3v) is 5.04. The van der Waals surface area contributed by atoms with Gasteiger partial charge in [-0.3, -0.25) is 0 Å². The van der Waals surface area contributed by atoms with Gasteiger partial charge in [0.2, 0.25) is 0 Å². The maximum absolute atomic E-state index is 3.69. The summed E-state index contributed by atoms with van der Waals surface area (Å²) in [4.78, 5) is 0. The summed E-state index contributed by atoms with van der Waals surface area (Å²) >= 11 is 3.69. The van der Waals surface area contributed by atoms with Gasteiger partial charge in [0, 0.05) is 11.2 Å². The van der Waals surface area contributed by atoms with E-state index in [0.717, 1.165) is 12.0 Å². The van der Waals surface area contributed by atoms with Crippen LogP contribution in [0.3, 0.4) is 0 Å². The average molecular weight is 247 g/mol. The number of alkyl halides is 1. The van der Waals surface area contributed by atoms with Crippen LogP contribution in [0.15, 0.2) is 0 Å². The Morgan fingerprint density at radius 1 is 1.15 bits per heavy atom. The number of rotatable bonds is 1. The minimum atomic E-state index is 0.957. The Morgan fingerprint density at radius 2 is 1.92 bits per heavy atom. The predicted molar refractivity (Wildman–Crippen MR) is 60.1 cm³/mol. The van der Waals surface area contributed by atoms with Crippen LogP contribution in [0.25, 0.3) is 0 Å². The molecule has 0 amide bonds. The zero-order valence-electron chi connectivity index (χ0n) is 8.64. The maximum atomic E-state index is 3.69. The van der Waals surface area contributed by atoms with Gasteiger partial charge in [-0.25, -0.2) is 0 Å². The average Bonchev–Trinajstić information content (AvgIpc) is 2.15. The molecule has 2 aliphatic rings. The Labute approximate surface area is 90.2 Å². The summed E-state index contributed by atoms with van der Waals surface area (Å²) in [5.41, 5.74) is 0. The van der Waals surface area contributed by atoms with E-state index >= 15 is 0 Å². The molecule has 13 heavy (non-hydrogen) atoms. The van der Waals surface area contributed by atoms with Gasteiger partial charge >= 0.3 is 0 Å². The Hall–Kier alpha value is 0.440. The van der Waals surface area contributed by atoms with Gasteiger partial charge in [-0.2, -0.15) is 0 Å². The van der Waals surface area contributed by atoms with Crippen molar-refractivity contribution in [2.24, 2.45) is 5.92 Å². The molecule has 2 aliphatic heterocycles. The lowest BCUT2D eigenvalue weighted by Crippen LogP contribution is -2.61. The van der Waals surface area contributed by atoms with E-state index in [9.17, 15) is 0 Å². The number of nitrogens with zero attached hydrogens (tertiary/aromatic N) is 1. The normalized spacial score (nSPS) is 45.7. The second kappa shape index (κ2) is 3.90. The van der Waals surface area contributed by atoms with E-state index in [-0.39, 0.29) is 0 Å². The van der Waals surface area contributed by atoms with Gasteiger partial charge in [0.05, 0.1) is 26.2 Å². The molecular formula is C11H21BrN+. The summed E-state index contributed by atoms with van der Waals surface area (Å²) in [5, 5.41) is 1.23. The molecule has 2 heteroatoms. The van der Waals surface area contributed by atoms with Gasteiger partial charge in [-0.15, -0.1) is 0 Å². The third-order valence-electron chi connectivity index (χ3n) is 4.21. The minimum Gasteiger partial charge on any atom is -0.323 e. The summed E-state index contributed by atoms with van der Waals surface area (Å²) < 4.78 is 1.39. The van der Waals surface area contributed by atoms with Crippen molar-refractivity contribution in [3.63, 3.8) is 0 Å². The van der Waals surface area contributed by atoms with Gasteiger partial charge in [0.1, 0.15) is 0 Å². The smallest absolute Gasteiger partial charge is 0.0924 e. The van der Waals surface area contributed by atoms with E-state index in [1.807, 2.05) is 0 Å². The molecule has 0 radical (unpaired) electrons. The molecule has 0 aromatic heterocycles. The lowest BCUT2D eigenvalue weighted by Gasteiger charge is -2.51. The van der Waals surface area contributed by atoms with Crippen LogP contribution in [0.4, 0.5) is 0 Å². The Bertz CT molecular complexity index is 179. The van der Waals surface area contributed by atoms with E-state index in [1.54, 1.807) is 0 Å². The highest BCUT2D eigenvalue weighted by Gasteiger charge is 2.42. The summed E-state index contributed by atoms with van der Waals surface area (Å²) in [6.45, 7) is 2.88. The van der Waals surface area contributed by atoms with Crippen LogP contribution in [0.1, 0.15) is 32.1 Å². The molecule has 2 rings (SSSR count). The number of halogens is 1. The SMILES string of the molecule is C[N+]12CCCCC1C(CBr)CCC2. The fraction of sp³-hybridized carbons (Fsp3) is 1.00. The van der Waals surface area contributed by atoms with Gasteiger partial charge < -0.3 is 4.48 Å². The Morgan fingerprint density at radius 3 is 2.69 bits per heavy atom. The first kappa shape index (κ1) is 9.97. The van der Waals surface area contributed by atoms with E-state index in [2.05, 4.69) is 23.0 Å². The van der Waals surface area contributed by atoms with Crippen LogP contribution < -0.4 is 0 Å². The number of hydrogen-bond donors (Lipinski definition) is 0. The van der Waals surface area contributed by atoms with E-state index in [4.69, 9.17) is 0 Å². The van der Waals surface area contributed by atoms with Crippen LogP contribution in [0, 0.1) is 5.92 Å². The van der Waals surface area contributed by atoms with Crippen molar-refractivity contribution >= 4 is 15.9 Å². The molecule has 2 heterocycles. The van der Waals surface area contributed by atoms with Crippen molar-refractivity contribution in [1.82, 2.24) is 0 Å². The molecule has 0 aliphatic carbocycles. The van der Waals surface area contributed by atoms with Gasteiger partial charge in [0.15, 0.2) is 0 Å². The highest BCUT2D eigenvalue weighted by atomic mass is 79.9. The maximum Gasteiger partial charge on any atom is 0.0924 e. The first-order valence-corrected chi connectivity index (χ1v) is 6.78. The fourth-order valence-corrected chi connectivity index (χ4v) is 4.17. The second-order valence-electron chi connectivity index (χ2n) is 5.05. The lowest BCUT2D eigenvalue weighted by atomic mass is 9.83. The Kier molecular flexibility index (Phi) is 2.99. The van der Waals surface area contributed by atoms with E-state index < -0.39 is 0 Å². The largest absolute Gasteiger partial charge is 0.323 e. The third kappa shape index (κ3) is 1.80. The predicted octanol–water partition coefficient (Wildman–Crippen LogP) is 2.79. The van der Waals surface area contributed by atoms with Crippen molar-refractivity contribution < 1.29 is 4.48 Å². The van der Waals surface area contributed by atoms with Crippen LogP contribution in [-0.2, 0) is 0 Å². The summed E-state index contributed by atoms with van der Waals surface area (Å²) in [7, 11) is 2.48. The number of hydrogen-bond acceptors (Lipinski definition) is 0. The Balaban J connectivity index is 2.11. The molecule has 0 aromatic rings. The highest BCUT2D eigenvalue weighted by molar-refractivity contribution is 9.09. The zero-order chi connectivity index (χ0) is 9.31. The summed E-state index contributed by atoms with van der Waals surface area (Å²) in [6.07, 6.45) is 7.32. The standard InChI is InChI=1S/C11H21BrN/c1-13-7-3-2-6-11(13)10(9-12)5-4-8-13/h10-11H,2-9H2,1H3/q+1. The number of piperidine rings is 2. The monoisotopic (exact) mass is 246 g/mol. The van der Waals surface area contributed by atoms with Gasteiger partial charge in [-0.1, -0.05) is 15.9 Å². The molecule has 0 saturated carbocycles. The molecule has 0 N–H and O–H groups in total. The summed E-state index contributed by atoms with van der Waals surface area (Å²) in [5.74, 6) is 0.957. The van der Waals surface area contributed by atoms with Crippen LogP contribution in [0.5, 0.6) is 0 Å².